The number of ether oxygens (including phenoxy) is 1. The van der Waals surface area contributed by atoms with Crippen molar-refractivity contribution in [2.75, 3.05) is 18.5 Å². The molecule has 10 heteroatoms. The van der Waals surface area contributed by atoms with Crippen LogP contribution in [0.25, 0.3) is 0 Å². The highest BCUT2D eigenvalue weighted by molar-refractivity contribution is 7.91. The van der Waals surface area contributed by atoms with Crippen molar-refractivity contribution in [1.82, 2.24) is 4.72 Å². The normalized spacial score (nSPS) is 13.6. The van der Waals surface area contributed by atoms with Gasteiger partial charge in [0.1, 0.15) is 10.8 Å². The molecule has 8 nitrogen and oxygen atoms in total. The molecule has 0 spiro atoms. The zero-order valence-corrected chi connectivity index (χ0v) is 15.7. The summed E-state index contributed by atoms with van der Waals surface area (Å²) in [5.41, 5.74) is 1.87. The van der Waals surface area contributed by atoms with Crippen LogP contribution < -0.4 is 10.0 Å². The molecule has 0 fully saturated rings. The van der Waals surface area contributed by atoms with Gasteiger partial charge in [-0.1, -0.05) is 6.07 Å². The first-order valence-corrected chi connectivity index (χ1v) is 10.4. The number of ketones is 1. The lowest BCUT2D eigenvalue weighted by Gasteiger charge is -2.17. The van der Waals surface area contributed by atoms with Crippen molar-refractivity contribution in [3.8, 4) is 0 Å². The molecule has 0 saturated carbocycles. The van der Waals surface area contributed by atoms with Crippen molar-refractivity contribution in [2.45, 2.75) is 17.1 Å². The van der Waals surface area contributed by atoms with Gasteiger partial charge in [0.15, 0.2) is 12.4 Å². The smallest absolute Gasteiger partial charge is 0.321 e. The number of carbonyl (C=O) groups is 3. The van der Waals surface area contributed by atoms with Crippen molar-refractivity contribution in [3.63, 3.8) is 0 Å². The standard InChI is InChI=1S/C17H16N2O6S2/c20-14(12-3-5-13-11(8-12)4-6-15(21)19-13)10-25-16(22)9-18-27(23,24)17-2-1-7-26-17/h1-3,5,7-8,18H,4,6,9-10H2,(H,19,21). The number of nitrogens with one attached hydrogen (secondary N) is 2. The summed E-state index contributed by atoms with van der Waals surface area (Å²) in [6.07, 6.45) is 0.886. The molecule has 2 N–H and O–H groups in total. The Balaban J connectivity index is 1.52. The number of sulfonamides is 1. The van der Waals surface area contributed by atoms with Crippen LogP contribution in [0.5, 0.6) is 0 Å². The number of hydrogen-bond donors (Lipinski definition) is 2. The molecule has 0 radical (unpaired) electrons. The van der Waals surface area contributed by atoms with E-state index in [1.807, 2.05) is 0 Å². The molecular formula is C17H16N2O6S2. The monoisotopic (exact) mass is 408 g/mol. The third-order valence-corrected chi connectivity index (χ3v) is 6.65. The van der Waals surface area contributed by atoms with Gasteiger partial charge in [-0.25, -0.2) is 8.42 Å². The minimum absolute atomic E-state index is 0.0690. The third-order valence-electron chi connectivity index (χ3n) is 3.85. The summed E-state index contributed by atoms with van der Waals surface area (Å²) in [5.74, 6) is -1.33. The summed E-state index contributed by atoms with van der Waals surface area (Å²) >= 11 is 1.03. The molecule has 1 amide bonds. The van der Waals surface area contributed by atoms with Crippen LogP contribution in [0, 0.1) is 0 Å². The van der Waals surface area contributed by atoms with Gasteiger partial charge in [-0.3, -0.25) is 14.4 Å². The summed E-state index contributed by atoms with van der Waals surface area (Å²) in [7, 11) is -3.77. The van der Waals surface area contributed by atoms with Gasteiger partial charge in [0.25, 0.3) is 10.0 Å². The van der Waals surface area contributed by atoms with Crippen LogP contribution in [-0.4, -0.2) is 39.2 Å². The highest BCUT2D eigenvalue weighted by atomic mass is 32.2. The van der Waals surface area contributed by atoms with Gasteiger partial charge >= 0.3 is 5.97 Å². The van der Waals surface area contributed by atoms with Crippen molar-refractivity contribution >= 4 is 44.7 Å². The number of thiophene rings is 1. The van der Waals surface area contributed by atoms with E-state index >= 15 is 0 Å². The van der Waals surface area contributed by atoms with Gasteiger partial charge in [-0.2, -0.15) is 4.72 Å². The molecule has 2 heterocycles. The van der Waals surface area contributed by atoms with E-state index in [9.17, 15) is 22.8 Å². The number of fused-ring (bicyclic) bond motifs is 1. The van der Waals surface area contributed by atoms with Gasteiger partial charge in [0.05, 0.1) is 0 Å². The number of rotatable bonds is 7. The predicted octanol–water partition coefficient (Wildman–Crippen LogP) is 1.34. The topological polar surface area (TPSA) is 119 Å². The Hall–Kier alpha value is -2.56. The van der Waals surface area contributed by atoms with Crippen LogP contribution >= 0.6 is 11.3 Å². The van der Waals surface area contributed by atoms with E-state index in [2.05, 4.69) is 10.0 Å². The number of benzene rings is 1. The van der Waals surface area contributed by atoms with E-state index in [-0.39, 0.29) is 10.1 Å². The fourth-order valence-corrected chi connectivity index (χ4v) is 4.49. The Morgan fingerprint density at radius 2 is 2.04 bits per heavy atom. The molecule has 0 atom stereocenters. The average molecular weight is 408 g/mol. The zero-order chi connectivity index (χ0) is 19.4. The van der Waals surface area contributed by atoms with Crippen molar-refractivity contribution in [1.29, 1.82) is 0 Å². The van der Waals surface area contributed by atoms with E-state index in [1.54, 1.807) is 29.6 Å². The van der Waals surface area contributed by atoms with Gasteiger partial charge in [0.2, 0.25) is 5.91 Å². The molecule has 1 aliphatic heterocycles. The maximum Gasteiger partial charge on any atom is 0.321 e. The fraction of sp³-hybridized carbons (Fsp3) is 0.235. The molecule has 2 aromatic rings. The number of carbonyl (C=O) groups excluding carboxylic acids is 3. The molecule has 0 unspecified atom stereocenters. The maximum absolute atomic E-state index is 12.2. The zero-order valence-electron chi connectivity index (χ0n) is 14.1. The Kier molecular flexibility index (Phi) is 5.68. The summed E-state index contributed by atoms with van der Waals surface area (Å²) in [6, 6.07) is 7.84. The largest absolute Gasteiger partial charge is 0.456 e. The second-order valence-electron chi connectivity index (χ2n) is 5.76. The summed E-state index contributed by atoms with van der Waals surface area (Å²) < 4.78 is 30.9. The van der Waals surface area contributed by atoms with E-state index in [0.29, 0.717) is 24.1 Å². The molecule has 1 aliphatic rings. The molecule has 0 saturated heterocycles. The molecule has 1 aromatic heterocycles. The number of anilines is 1. The average Bonchev–Trinajstić information content (AvgIpc) is 3.20. The van der Waals surface area contributed by atoms with Crippen LogP contribution in [-0.2, 0) is 30.8 Å². The molecular weight excluding hydrogens is 392 g/mol. The van der Waals surface area contributed by atoms with E-state index in [0.717, 1.165) is 16.9 Å². The first-order chi connectivity index (χ1) is 12.8. The van der Waals surface area contributed by atoms with Crippen LogP contribution in [0.3, 0.4) is 0 Å². The van der Waals surface area contributed by atoms with Gasteiger partial charge in [-0.05, 0) is 41.6 Å². The lowest BCUT2D eigenvalue weighted by atomic mass is 9.99. The predicted molar refractivity (Wildman–Crippen MR) is 98.2 cm³/mol. The summed E-state index contributed by atoms with van der Waals surface area (Å²) in [6.45, 7) is -1.06. The number of amides is 1. The van der Waals surface area contributed by atoms with Crippen LogP contribution in [0.1, 0.15) is 22.3 Å². The van der Waals surface area contributed by atoms with Crippen LogP contribution in [0.4, 0.5) is 5.69 Å². The molecule has 142 valence electrons. The Labute approximate surface area is 159 Å². The highest BCUT2D eigenvalue weighted by Gasteiger charge is 2.19. The van der Waals surface area contributed by atoms with E-state index in [1.165, 1.54) is 6.07 Å². The molecule has 27 heavy (non-hydrogen) atoms. The van der Waals surface area contributed by atoms with Gasteiger partial charge < -0.3 is 10.1 Å². The number of hydrogen-bond acceptors (Lipinski definition) is 7. The first-order valence-electron chi connectivity index (χ1n) is 8.00. The van der Waals surface area contributed by atoms with E-state index < -0.39 is 34.9 Å². The molecule has 3 rings (SSSR count). The second-order valence-corrected chi connectivity index (χ2v) is 8.70. The van der Waals surface area contributed by atoms with Crippen LogP contribution in [0.15, 0.2) is 39.9 Å². The molecule has 0 bridgehead atoms. The maximum atomic E-state index is 12.2. The molecule has 0 aliphatic carbocycles. The highest BCUT2D eigenvalue weighted by Crippen LogP contribution is 2.23. The van der Waals surface area contributed by atoms with Crippen molar-refractivity contribution < 1.29 is 27.5 Å². The summed E-state index contributed by atoms with van der Waals surface area (Å²) in [4.78, 5) is 35.2. The SMILES string of the molecule is O=C1CCc2cc(C(=O)COC(=O)CNS(=O)(=O)c3cccs3)ccc2N1. The Morgan fingerprint density at radius 3 is 2.78 bits per heavy atom. The van der Waals surface area contributed by atoms with Crippen molar-refractivity contribution in [2.24, 2.45) is 0 Å². The third kappa shape index (κ3) is 4.79. The van der Waals surface area contributed by atoms with Crippen LogP contribution in [0.2, 0.25) is 0 Å². The number of esters is 1. The second kappa shape index (κ2) is 7.99. The quantitative estimate of drug-likeness (QED) is 0.527. The molecule has 1 aromatic carbocycles. The Bertz CT molecular complexity index is 983. The van der Waals surface area contributed by atoms with Crippen molar-refractivity contribution in [3.05, 3.63) is 46.8 Å². The number of Topliss-reactive ketones (excluding diaryl/α,β-unsaturated/α-hetero) is 1. The van der Waals surface area contributed by atoms with E-state index in [4.69, 9.17) is 4.74 Å². The van der Waals surface area contributed by atoms with Gasteiger partial charge in [0, 0.05) is 17.7 Å². The Morgan fingerprint density at radius 1 is 1.22 bits per heavy atom. The summed E-state index contributed by atoms with van der Waals surface area (Å²) in [5, 5.41) is 4.33. The fourth-order valence-electron chi connectivity index (χ4n) is 2.48. The lowest BCUT2D eigenvalue weighted by Crippen LogP contribution is -2.31. The van der Waals surface area contributed by atoms with Gasteiger partial charge in [-0.15, -0.1) is 11.3 Å². The lowest BCUT2D eigenvalue weighted by molar-refractivity contribution is -0.141. The number of aryl methyl sites for hydroxylation is 1. The first kappa shape index (κ1) is 19.2. The minimum atomic E-state index is -3.77. The minimum Gasteiger partial charge on any atom is -0.456 e.